The summed E-state index contributed by atoms with van der Waals surface area (Å²) in [6, 6.07) is -0.535. The third kappa shape index (κ3) is 3.93. The van der Waals surface area contributed by atoms with Crippen LogP contribution in [0.1, 0.15) is 45.4 Å². The molecule has 2 fully saturated rings. The van der Waals surface area contributed by atoms with Gasteiger partial charge in [-0.05, 0) is 39.2 Å². The lowest BCUT2D eigenvalue weighted by atomic mass is 10.1. The van der Waals surface area contributed by atoms with Gasteiger partial charge in [0.05, 0.1) is 6.04 Å². The van der Waals surface area contributed by atoms with Gasteiger partial charge in [-0.2, -0.15) is 0 Å². The summed E-state index contributed by atoms with van der Waals surface area (Å²) in [4.78, 5) is 26.1. The van der Waals surface area contributed by atoms with E-state index in [0.717, 1.165) is 51.7 Å². The summed E-state index contributed by atoms with van der Waals surface area (Å²) < 4.78 is 0. The molecule has 5 heteroatoms. The van der Waals surface area contributed by atoms with Crippen molar-refractivity contribution < 1.29 is 9.59 Å². The van der Waals surface area contributed by atoms with Crippen molar-refractivity contribution in [3.05, 3.63) is 0 Å². The molecule has 108 valence electrons. The molecule has 2 aliphatic heterocycles. The highest BCUT2D eigenvalue weighted by Gasteiger charge is 2.27. The van der Waals surface area contributed by atoms with E-state index >= 15 is 0 Å². The predicted molar refractivity (Wildman–Crippen MR) is 73.7 cm³/mol. The van der Waals surface area contributed by atoms with E-state index in [1.165, 1.54) is 6.42 Å². The zero-order valence-corrected chi connectivity index (χ0v) is 11.8. The van der Waals surface area contributed by atoms with Crippen LogP contribution in [0.5, 0.6) is 0 Å². The molecule has 0 aromatic heterocycles. The van der Waals surface area contributed by atoms with Gasteiger partial charge in [0.15, 0.2) is 0 Å². The summed E-state index contributed by atoms with van der Waals surface area (Å²) in [6.45, 7) is 4.35. The number of amides is 2. The van der Waals surface area contributed by atoms with Gasteiger partial charge >= 0.3 is 0 Å². The summed E-state index contributed by atoms with van der Waals surface area (Å²) in [5, 5.41) is 6.12. The second-order valence-electron chi connectivity index (χ2n) is 5.62. The van der Waals surface area contributed by atoms with E-state index in [2.05, 4.69) is 10.6 Å². The zero-order valence-electron chi connectivity index (χ0n) is 11.8. The fourth-order valence-electron chi connectivity index (χ4n) is 2.84. The Morgan fingerprint density at radius 1 is 1.16 bits per heavy atom. The van der Waals surface area contributed by atoms with Crippen molar-refractivity contribution in [2.45, 2.75) is 57.5 Å². The first kappa shape index (κ1) is 14.3. The van der Waals surface area contributed by atoms with Crippen molar-refractivity contribution in [2.75, 3.05) is 19.6 Å². The third-order valence-corrected chi connectivity index (χ3v) is 4.02. The van der Waals surface area contributed by atoms with Crippen molar-refractivity contribution in [1.82, 2.24) is 15.5 Å². The Bertz CT molecular complexity index is 319. The number of nitrogens with zero attached hydrogens (tertiary/aromatic N) is 1. The maximum absolute atomic E-state index is 12.1. The third-order valence-electron chi connectivity index (χ3n) is 4.02. The van der Waals surface area contributed by atoms with Crippen molar-refractivity contribution in [3.8, 4) is 0 Å². The van der Waals surface area contributed by atoms with E-state index in [1.807, 2.05) is 4.90 Å². The molecule has 5 nitrogen and oxygen atoms in total. The van der Waals surface area contributed by atoms with Crippen LogP contribution in [0.4, 0.5) is 0 Å². The molecular weight excluding hydrogens is 242 g/mol. The quantitative estimate of drug-likeness (QED) is 0.789. The molecule has 0 aliphatic carbocycles. The fraction of sp³-hybridized carbons (Fsp3) is 0.857. The summed E-state index contributed by atoms with van der Waals surface area (Å²) >= 11 is 0. The Labute approximate surface area is 115 Å². The molecule has 19 heavy (non-hydrogen) atoms. The van der Waals surface area contributed by atoms with Gasteiger partial charge in [-0.3, -0.25) is 9.59 Å². The molecule has 0 radical (unpaired) electrons. The van der Waals surface area contributed by atoms with E-state index in [4.69, 9.17) is 0 Å². The van der Waals surface area contributed by atoms with Crippen molar-refractivity contribution in [2.24, 2.45) is 0 Å². The van der Waals surface area contributed by atoms with Gasteiger partial charge in [0, 0.05) is 13.1 Å². The average molecular weight is 267 g/mol. The topological polar surface area (TPSA) is 61.4 Å². The van der Waals surface area contributed by atoms with Crippen LogP contribution in [-0.2, 0) is 9.59 Å². The van der Waals surface area contributed by atoms with Crippen molar-refractivity contribution in [1.29, 1.82) is 0 Å². The van der Waals surface area contributed by atoms with Gasteiger partial charge in [0.25, 0.3) is 0 Å². The van der Waals surface area contributed by atoms with Gasteiger partial charge in [-0.25, -0.2) is 0 Å². The molecule has 0 spiro atoms. The number of nitrogens with one attached hydrogen (secondary N) is 2. The lowest BCUT2D eigenvalue weighted by Gasteiger charge is -2.23. The zero-order chi connectivity index (χ0) is 13.7. The van der Waals surface area contributed by atoms with Gasteiger partial charge in [0.2, 0.25) is 11.8 Å². The van der Waals surface area contributed by atoms with Crippen LogP contribution in [0, 0.1) is 0 Å². The summed E-state index contributed by atoms with van der Waals surface area (Å²) in [5.41, 5.74) is 0. The number of carbonyl (C=O) groups is 2. The standard InChI is InChI=1S/C14H25N3O2/c1-11(14(19)17-9-5-6-10-17)16-13(18)12-7-3-2-4-8-15-12/h11-12,15H,2-10H2,1H3,(H,16,18). The molecule has 2 heterocycles. The van der Waals surface area contributed by atoms with E-state index < -0.39 is 6.04 Å². The Morgan fingerprint density at radius 3 is 2.63 bits per heavy atom. The van der Waals surface area contributed by atoms with Gasteiger partial charge < -0.3 is 15.5 Å². The highest BCUT2D eigenvalue weighted by molar-refractivity contribution is 5.89. The van der Waals surface area contributed by atoms with E-state index in [-0.39, 0.29) is 17.9 Å². The Kier molecular flexibility index (Phi) is 5.19. The molecule has 2 saturated heterocycles. The second kappa shape index (κ2) is 6.89. The maximum atomic E-state index is 12.1. The van der Waals surface area contributed by atoms with Crippen LogP contribution >= 0.6 is 0 Å². The largest absolute Gasteiger partial charge is 0.343 e. The van der Waals surface area contributed by atoms with Crippen LogP contribution < -0.4 is 10.6 Å². The van der Waals surface area contributed by atoms with Crippen LogP contribution in [0.15, 0.2) is 0 Å². The minimum atomic E-state index is -0.407. The number of carbonyl (C=O) groups excluding carboxylic acids is 2. The minimum Gasteiger partial charge on any atom is -0.343 e. The van der Waals surface area contributed by atoms with Crippen LogP contribution in [0.25, 0.3) is 0 Å². The number of hydrogen-bond donors (Lipinski definition) is 2. The highest BCUT2D eigenvalue weighted by atomic mass is 16.2. The monoisotopic (exact) mass is 267 g/mol. The lowest BCUT2D eigenvalue weighted by Crippen LogP contribution is -2.51. The molecular formula is C14H25N3O2. The molecule has 2 N–H and O–H groups in total. The summed E-state index contributed by atoms with van der Waals surface area (Å²) in [5.74, 6) is 0.0291. The van der Waals surface area contributed by atoms with E-state index in [0.29, 0.717) is 0 Å². The van der Waals surface area contributed by atoms with Crippen molar-refractivity contribution in [3.63, 3.8) is 0 Å². The first-order chi connectivity index (χ1) is 9.18. The molecule has 0 saturated carbocycles. The van der Waals surface area contributed by atoms with Crippen LogP contribution in [0.2, 0.25) is 0 Å². The Morgan fingerprint density at radius 2 is 1.89 bits per heavy atom. The lowest BCUT2D eigenvalue weighted by molar-refractivity contribution is -0.135. The van der Waals surface area contributed by atoms with Gasteiger partial charge in [-0.1, -0.05) is 12.8 Å². The SMILES string of the molecule is CC(NC(=O)C1CCCCCN1)C(=O)N1CCCC1. The minimum absolute atomic E-state index is 0.0260. The molecule has 0 aromatic carbocycles. The normalized spacial score (nSPS) is 25.7. The number of rotatable bonds is 3. The first-order valence-corrected chi connectivity index (χ1v) is 7.51. The first-order valence-electron chi connectivity index (χ1n) is 7.51. The molecule has 0 aromatic rings. The number of hydrogen-bond acceptors (Lipinski definition) is 3. The van der Waals surface area contributed by atoms with Gasteiger partial charge in [0.1, 0.15) is 6.04 Å². The smallest absolute Gasteiger partial charge is 0.244 e. The highest BCUT2D eigenvalue weighted by Crippen LogP contribution is 2.11. The van der Waals surface area contributed by atoms with Gasteiger partial charge in [-0.15, -0.1) is 0 Å². The second-order valence-corrected chi connectivity index (χ2v) is 5.62. The Balaban J connectivity index is 1.81. The fourth-order valence-corrected chi connectivity index (χ4v) is 2.84. The van der Waals surface area contributed by atoms with Crippen LogP contribution in [-0.4, -0.2) is 48.4 Å². The van der Waals surface area contributed by atoms with E-state index in [1.54, 1.807) is 6.92 Å². The van der Waals surface area contributed by atoms with Crippen LogP contribution in [0.3, 0.4) is 0 Å². The van der Waals surface area contributed by atoms with Crippen molar-refractivity contribution >= 4 is 11.8 Å². The average Bonchev–Trinajstić information content (AvgIpc) is 2.79. The molecule has 0 bridgehead atoms. The maximum Gasteiger partial charge on any atom is 0.244 e. The molecule has 2 aliphatic rings. The predicted octanol–water partition coefficient (Wildman–Crippen LogP) is 0.646. The number of likely N-dealkylation sites (tertiary alicyclic amines) is 1. The molecule has 2 atom stereocenters. The van der Waals surface area contributed by atoms with E-state index in [9.17, 15) is 9.59 Å². The molecule has 2 rings (SSSR count). The summed E-state index contributed by atoms with van der Waals surface area (Å²) in [7, 11) is 0. The Hall–Kier alpha value is -1.10. The molecule has 2 unspecified atom stereocenters. The summed E-state index contributed by atoms with van der Waals surface area (Å²) in [6.07, 6.45) is 6.42. The molecule has 2 amide bonds.